The van der Waals surface area contributed by atoms with E-state index in [0.29, 0.717) is 41.2 Å². The third kappa shape index (κ3) is 3.41. The molecule has 0 radical (unpaired) electrons. The Hall–Kier alpha value is -2.67. The highest BCUT2D eigenvalue weighted by Crippen LogP contribution is 2.33. The van der Waals surface area contributed by atoms with E-state index in [1.807, 2.05) is 31.2 Å². The summed E-state index contributed by atoms with van der Waals surface area (Å²) in [5.74, 6) is 1.20. The van der Waals surface area contributed by atoms with Crippen molar-refractivity contribution in [3.63, 3.8) is 0 Å². The van der Waals surface area contributed by atoms with Gasteiger partial charge in [0.1, 0.15) is 18.7 Å². The summed E-state index contributed by atoms with van der Waals surface area (Å²) in [5.41, 5.74) is 2.16. The molecule has 7 heteroatoms. The van der Waals surface area contributed by atoms with Crippen LogP contribution >= 0.6 is 11.8 Å². The first-order chi connectivity index (χ1) is 12.2. The number of amides is 1. The molecule has 2 heterocycles. The number of oxazole rings is 1. The lowest BCUT2D eigenvalue weighted by atomic mass is 10.2. The van der Waals surface area contributed by atoms with E-state index >= 15 is 0 Å². The molecule has 1 aliphatic heterocycles. The van der Waals surface area contributed by atoms with E-state index < -0.39 is 0 Å². The molecule has 25 heavy (non-hydrogen) atoms. The van der Waals surface area contributed by atoms with Crippen molar-refractivity contribution in [2.45, 2.75) is 17.4 Å². The summed E-state index contributed by atoms with van der Waals surface area (Å²) in [4.78, 5) is 16.8. The second kappa shape index (κ2) is 6.68. The number of carbonyl (C=O) groups is 1. The molecule has 0 bridgehead atoms. The Morgan fingerprint density at radius 1 is 1.16 bits per heavy atom. The van der Waals surface area contributed by atoms with Gasteiger partial charge in [-0.3, -0.25) is 4.79 Å². The number of ether oxygens (including phenoxy) is 2. The Balaban J connectivity index is 1.43. The Bertz CT molecular complexity index is 891. The molecule has 1 N–H and O–H groups in total. The molecule has 1 amide bonds. The zero-order valence-electron chi connectivity index (χ0n) is 13.5. The first kappa shape index (κ1) is 15.8. The normalized spacial score (nSPS) is 14.3. The zero-order chi connectivity index (χ0) is 17.2. The van der Waals surface area contributed by atoms with Crippen LogP contribution in [0, 0.1) is 0 Å². The van der Waals surface area contributed by atoms with Gasteiger partial charge in [0.2, 0.25) is 5.91 Å². The summed E-state index contributed by atoms with van der Waals surface area (Å²) in [6.45, 7) is 2.86. The Kier molecular flexibility index (Phi) is 4.23. The fourth-order valence-corrected chi connectivity index (χ4v) is 3.23. The molecule has 1 aromatic heterocycles. The summed E-state index contributed by atoms with van der Waals surface area (Å²) in [6.07, 6.45) is 0. The molecule has 0 spiro atoms. The van der Waals surface area contributed by atoms with Gasteiger partial charge in [-0.2, -0.15) is 0 Å². The van der Waals surface area contributed by atoms with Gasteiger partial charge in [0.05, 0.1) is 5.25 Å². The first-order valence-electron chi connectivity index (χ1n) is 7.92. The third-order valence-electron chi connectivity index (χ3n) is 3.73. The van der Waals surface area contributed by atoms with Crippen molar-refractivity contribution in [1.82, 2.24) is 4.98 Å². The summed E-state index contributed by atoms with van der Waals surface area (Å²) >= 11 is 1.28. The largest absolute Gasteiger partial charge is 0.486 e. The van der Waals surface area contributed by atoms with Crippen LogP contribution in [0.25, 0.3) is 11.1 Å². The van der Waals surface area contributed by atoms with Crippen LogP contribution in [-0.4, -0.2) is 29.4 Å². The maximum absolute atomic E-state index is 12.4. The van der Waals surface area contributed by atoms with Crippen molar-refractivity contribution in [3.05, 3.63) is 42.5 Å². The van der Waals surface area contributed by atoms with Gasteiger partial charge in [-0.1, -0.05) is 23.9 Å². The number of para-hydroxylation sites is 2. The molecule has 1 atom stereocenters. The molecule has 1 aliphatic rings. The van der Waals surface area contributed by atoms with Crippen LogP contribution < -0.4 is 14.8 Å². The average molecular weight is 356 g/mol. The predicted molar refractivity (Wildman–Crippen MR) is 95.4 cm³/mol. The second-order valence-electron chi connectivity index (χ2n) is 5.56. The number of anilines is 1. The minimum absolute atomic E-state index is 0.135. The highest BCUT2D eigenvalue weighted by Gasteiger charge is 2.19. The number of hydrogen-bond acceptors (Lipinski definition) is 6. The Morgan fingerprint density at radius 3 is 2.80 bits per heavy atom. The number of nitrogens with zero attached hydrogens (tertiary/aromatic N) is 1. The molecule has 2 aromatic carbocycles. The van der Waals surface area contributed by atoms with E-state index in [-0.39, 0.29) is 11.2 Å². The van der Waals surface area contributed by atoms with Crippen LogP contribution in [0.15, 0.2) is 52.1 Å². The first-order valence-corrected chi connectivity index (χ1v) is 8.80. The van der Waals surface area contributed by atoms with Crippen LogP contribution in [0.4, 0.5) is 5.69 Å². The average Bonchev–Trinajstić information content (AvgIpc) is 3.03. The molecule has 0 aliphatic carbocycles. The van der Waals surface area contributed by atoms with Crippen molar-refractivity contribution >= 4 is 34.5 Å². The predicted octanol–water partition coefficient (Wildman–Crippen LogP) is 3.72. The molecule has 0 saturated heterocycles. The molecular weight excluding hydrogens is 340 g/mol. The maximum atomic E-state index is 12.4. The van der Waals surface area contributed by atoms with Crippen molar-refractivity contribution in [3.8, 4) is 11.5 Å². The molecule has 0 saturated carbocycles. The van der Waals surface area contributed by atoms with E-state index in [2.05, 4.69) is 10.3 Å². The van der Waals surface area contributed by atoms with Gasteiger partial charge in [-0.15, -0.1) is 0 Å². The van der Waals surface area contributed by atoms with Gasteiger partial charge >= 0.3 is 0 Å². The minimum atomic E-state index is -0.360. The number of benzene rings is 2. The number of nitrogens with one attached hydrogen (secondary N) is 1. The fourth-order valence-electron chi connectivity index (χ4n) is 2.47. The number of aromatic nitrogens is 1. The monoisotopic (exact) mass is 356 g/mol. The SMILES string of the molecule is C[C@H](Sc1nc2ccccc2o1)C(=O)Nc1ccc2c(c1)OCCO2. The Morgan fingerprint density at radius 2 is 1.96 bits per heavy atom. The van der Waals surface area contributed by atoms with E-state index in [1.165, 1.54) is 11.8 Å². The summed E-state index contributed by atoms with van der Waals surface area (Å²) in [7, 11) is 0. The fraction of sp³-hybridized carbons (Fsp3) is 0.222. The van der Waals surface area contributed by atoms with Crippen molar-refractivity contribution < 1.29 is 18.7 Å². The van der Waals surface area contributed by atoms with Gasteiger partial charge in [-0.25, -0.2) is 4.98 Å². The van der Waals surface area contributed by atoms with E-state index in [1.54, 1.807) is 18.2 Å². The summed E-state index contributed by atoms with van der Waals surface area (Å²) < 4.78 is 16.7. The molecule has 6 nitrogen and oxygen atoms in total. The van der Waals surface area contributed by atoms with Crippen LogP contribution in [-0.2, 0) is 4.79 Å². The number of fused-ring (bicyclic) bond motifs is 2. The van der Waals surface area contributed by atoms with E-state index in [9.17, 15) is 4.79 Å². The standard InChI is InChI=1S/C18H16N2O4S/c1-11(25-18-20-13-4-2-3-5-14(13)24-18)17(21)19-12-6-7-15-16(10-12)23-9-8-22-15/h2-7,10-11H,8-9H2,1H3,(H,19,21)/t11-/m0/s1. The lowest BCUT2D eigenvalue weighted by Gasteiger charge is -2.19. The number of rotatable bonds is 4. The third-order valence-corrected chi connectivity index (χ3v) is 4.67. The number of carbonyl (C=O) groups excluding carboxylic acids is 1. The highest BCUT2D eigenvalue weighted by atomic mass is 32.2. The molecule has 0 fully saturated rings. The van der Waals surface area contributed by atoms with Gasteiger partial charge in [0.15, 0.2) is 17.1 Å². The number of thioether (sulfide) groups is 1. The molecule has 4 rings (SSSR count). The summed E-state index contributed by atoms with van der Waals surface area (Å²) in [6, 6.07) is 12.9. The highest BCUT2D eigenvalue weighted by molar-refractivity contribution is 8.00. The maximum Gasteiger partial charge on any atom is 0.257 e. The second-order valence-corrected chi connectivity index (χ2v) is 6.85. The van der Waals surface area contributed by atoms with E-state index in [4.69, 9.17) is 13.9 Å². The lowest BCUT2D eigenvalue weighted by molar-refractivity contribution is -0.115. The Labute approximate surface area is 148 Å². The van der Waals surface area contributed by atoms with Gasteiger partial charge < -0.3 is 19.2 Å². The summed E-state index contributed by atoms with van der Waals surface area (Å²) in [5, 5.41) is 3.00. The van der Waals surface area contributed by atoms with Crippen molar-refractivity contribution in [2.24, 2.45) is 0 Å². The van der Waals surface area contributed by atoms with Crippen molar-refractivity contribution in [2.75, 3.05) is 18.5 Å². The minimum Gasteiger partial charge on any atom is -0.486 e. The zero-order valence-corrected chi connectivity index (χ0v) is 14.3. The van der Waals surface area contributed by atoms with Crippen LogP contribution in [0.5, 0.6) is 11.5 Å². The van der Waals surface area contributed by atoms with Crippen LogP contribution in [0.3, 0.4) is 0 Å². The molecular formula is C18H16N2O4S. The van der Waals surface area contributed by atoms with Gasteiger partial charge in [-0.05, 0) is 31.2 Å². The van der Waals surface area contributed by atoms with E-state index in [0.717, 1.165) is 5.52 Å². The molecule has 3 aromatic rings. The molecule has 128 valence electrons. The van der Waals surface area contributed by atoms with Crippen LogP contribution in [0.1, 0.15) is 6.92 Å². The number of hydrogen-bond donors (Lipinski definition) is 1. The quantitative estimate of drug-likeness (QED) is 0.718. The van der Waals surface area contributed by atoms with Gasteiger partial charge in [0, 0.05) is 11.8 Å². The van der Waals surface area contributed by atoms with Crippen LogP contribution in [0.2, 0.25) is 0 Å². The molecule has 0 unspecified atom stereocenters. The smallest absolute Gasteiger partial charge is 0.257 e. The lowest BCUT2D eigenvalue weighted by Crippen LogP contribution is -2.22. The topological polar surface area (TPSA) is 73.6 Å². The van der Waals surface area contributed by atoms with Gasteiger partial charge in [0.25, 0.3) is 5.22 Å². The van der Waals surface area contributed by atoms with Crippen molar-refractivity contribution in [1.29, 1.82) is 0 Å².